The number of nitrogens with one attached hydrogen (secondary N) is 1. The smallest absolute Gasteiger partial charge is 0.124 e. The number of likely N-dealkylation sites (N-methyl/N-ethyl adjacent to an activating group) is 1. The summed E-state index contributed by atoms with van der Waals surface area (Å²) in [5, 5.41) is 3.20. The Morgan fingerprint density at radius 1 is 1.45 bits per heavy atom. The van der Waals surface area contributed by atoms with Crippen molar-refractivity contribution in [1.82, 2.24) is 5.32 Å². The molecule has 2 nitrogen and oxygen atoms in total. The fraction of sp³-hybridized carbons (Fsp3) is 0.333. The molecule has 1 aromatic carbocycles. The largest absolute Gasteiger partial charge is 0.491 e. The molecule has 2 rings (SSSR count). The molecule has 1 aliphatic heterocycles. The molecule has 0 amide bonds. The fourth-order valence-electron chi connectivity index (χ4n) is 1.40. The van der Waals surface area contributed by atoms with Crippen LogP contribution in [-0.2, 0) is 0 Å². The third kappa shape index (κ3) is 0.994. The van der Waals surface area contributed by atoms with Crippen LogP contribution in [0.25, 0.3) is 0 Å². The van der Waals surface area contributed by atoms with Crippen LogP contribution in [0.3, 0.4) is 0 Å². The molecule has 58 valence electrons. The minimum atomic E-state index is 0.381. The lowest BCUT2D eigenvalue weighted by molar-refractivity contribution is 0.318. The van der Waals surface area contributed by atoms with Gasteiger partial charge in [0, 0.05) is 5.56 Å². The van der Waals surface area contributed by atoms with Crippen LogP contribution in [0.15, 0.2) is 24.3 Å². The molecule has 0 aromatic heterocycles. The van der Waals surface area contributed by atoms with E-state index in [1.807, 2.05) is 25.2 Å². The van der Waals surface area contributed by atoms with E-state index in [4.69, 9.17) is 4.74 Å². The van der Waals surface area contributed by atoms with E-state index in [1.54, 1.807) is 0 Å². The zero-order valence-electron chi connectivity index (χ0n) is 6.50. The van der Waals surface area contributed by atoms with Gasteiger partial charge in [-0.1, -0.05) is 18.2 Å². The maximum absolute atomic E-state index is 5.44. The third-order valence-corrected chi connectivity index (χ3v) is 2.05. The highest BCUT2D eigenvalue weighted by molar-refractivity contribution is 5.38. The summed E-state index contributed by atoms with van der Waals surface area (Å²) in [7, 11) is 1.95. The summed E-state index contributed by atoms with van der Waals surface area (Å²) in [6.45, 7) is 0.760. The van der Waals surface area contributed by atoms with Crippen molar-refractivity contribution >= 4 is 0 Å². The summed E-state index contributed by atoms with van der Waals surface area (Å²) in [4.78, 5) is 0. The topological polar surface area (TPSA) is 21.3 Å². The van der Waals surface area contributed by atoms with Gasteiger partial charge in [-0.3, -0.25) is 0 Å². The minimum absolute atomic E-state index is 0.381. The van der Waals surface area contributed by atoms with Gasteiger partial charge in [0.05, 0.1) is 6.04 Å². The highest BCUT2D eigenvalue weighted by Crippen LogP contribution is 2.30. The first-order valence-corrected chi connectivity index (χ1v) is 3.81. The summed E-state index contributed by atoms with van der Waals surface area (Å²) in [5.41, 5.74) is 1.27. The van der Waals surface area contributed by atoms with E-state index in [-0.39, 0.29) is 0 Å². The molecule has 0 bridgehead atoms. The molecule has 1 aromatic rings. The molecule has 0 saturated heterocycles. The summed E-state index contributed by atoms with van der Waals surface area (Å²) in [6.07, 6.45) is 0. The number of benzene rings is 1. The summed E-state index contributed by atoms with van der Waals surface area (Å²) >= 11 is 0. The fourth-order valence-corrected chi connectivity index (χ4v) is 1.40. The first-order valence-electron chi connectivity index (χ1n) is 3.81. The Bertz CT molecular complexity index is 259. The van der Waals surface area contributed by atoms with Gasteiger partial charge < -0.3 is 10.1 Å². The van der Waals surface area contributed by atoms with E-state index in [1.165, 1.54) is 5.56 Å². The van der Waals surface area contributed by atoms with Gasteiger partial charge in [-0.25, -0.2) is 0 Å². The molecular formula is C9H11NO. The van der Waals surface area contributed by atoms with Crippen LogP contribution in [0.4, 0.5) is 0 Å². The average molecular weight is 149 g/mol. The Kier molecular flexibility index (Phi) is 1.55. The molecular weight excluding hydrogens is 138 g/mol. The van der Waals surface area contributed by atoms with Crippen molar-refractivity contribution in [2.45, 2.75) is 6.04 Å². The van der Waals surface area contributed by atoms with Crippen LogP contribution < -0.4 is 10.1 Å². The van der Waals surface area contributed by atoms with Crippen LogP contribution in [0.2, 0.25) is 0 Å². The van der Waals surface area contributed by atoms with Crippen molar-refractivity contribution in [2.24, 2.45) is 0 Å². The van der Waals surface area contributed by atoms with Gasteiger partial charge in [0.2, 0.25) is 0 Å². The second-order valence-electron chi connectivity index (χ2n) is 2.69. The molecule has 0 saturated carbocycles. The van der Waals surface area contributed by atoms with Gasteiger partial charge in [0.25, 0.3) is 0 Å². The SMILES string of the molecule is CNC1COc2ccccc21. The van der Waals surface area contributed by atoms with Crippen LogP contribution in [-0.4, -0.2) is 13.7 Å². The van der Waals surface area contributed by atoms with Crippen molar-refractivity contribution < 1.29 is 4.74 Å². The number of fused-ring (bicyclic) bond motifs is 1. The maximum Gasteiger partial charge on any atom is 0.124 e. The van der Waals surface area contributed by atoms with Gasteiger partial charge in [0.1, 0.15) is 12.4 Å². The Balaban J connectivity index is 2.39. The maximum atomic E-state index is 5.44. The summed E-state index contributed by atoms with van der Waals surface area (Å²) in [5.74, 6) is 1.02. The average Bonchev–Trinajstić information content (AvgIpc) is 2.47. The van der Waals surface area contributed by atoms with Crippen molar-refractivity contribution in [1.29, 1.82) is 0 Å². The van der Waals surface area contributed by atoms with E-state index < -0.39 is 0 Å². The molecule has 1 atom stereocenters. The van der Waals surface area contributed by atoms with Crippen molar-refractivity contribution in [3.8, 4) is 5.75 Å². The summed E-state index contributed by atoms with van der Waals surface area (Å²) in [6, 6.07) is 8.52. The number of rotatable bonds is 1. The van der Waals surface area contributed by atoms with Crippen molar-refractivity contribution in [3.05, 3.63) is 29.8 Å². The molecule has 1 unspecified atom stereocenters. The Labute approximate surface area is 66.2 Å². The minimum Gasteiger partial charge on any atom is -0.491 e. The molecule has 2 heteroatoms. The van der Waals surface area contributed by atoms with E-state index in [9.17, 15) is 0 Å². The lowest BCUT2D eigenvalue weighted by Gasteiger charge is -2.04. The number of hydrogen-bond donors (Lipinski definition) is 1. The molecule has 0 aliphatic carbocycles. The normalized spacial score (nSPS) is 21.0. The molecule has 0 radical (unpaired) electrons. The molecule has 0 fully saturated rings. The second kappa shape index (κ2) is 2.55. The van der Waals surface area contributed by atoms with Gasteiger partial charge >= 0.3 is 0 Å². The predicted octanol–water partition coefficient (Wildman–Crippen LogP) is 1.34. The molecule has 1 aliphatic rings. The van der Waals surface area contributed by atoms with Crippen molar-refractivity contribution in [3.63, 3.8) is 0 Å². The monoisotopic (exact) mass is 149 g/mol. The highest BCUT2D eigenvalue weighted by atomic mass is 16.5. The lowest BCUT2D eigenvalue weighted by Crippen LogP contribution is -2.16. The highest BCUT2D eigenvalue weighted by Gasteiger charge is 2.20. The quantitative estimate of drug-likeness (QED) is 0.650. The second-order valence-corrected chi connectivity index (χ2v) is 2.69. The number of para-hydroxylation sites is 1. The van der Waals surface area contributed by atoms with E-state index in [0.717, 1.165) is 12.4 Å². The molecule has 11 heavy (non-hydrogen) atoms. The first-order chi connectivity index (χ1) is 5.42. The molecule has 0 spiro atoms. The summed E-state index contributed by atoms with van der Waals surface area (Å²) < 4.78 is 5.44. The van der Waals surface area contributed by atoms with Crippen LogP contribution in [0.1, 0.15) is 11.6 Å². The van der Waals surface area contributed by atoms with E-state index in [0.29, 0.717) is 6.04 Å². The number of hydrogen-bond acceptors (Lipinski definition) is 2. The van der Waals surface area contributed by atoms with Crippen LogP contribution in [0.5, 0.6) is 5.75 Å². The van der Waals surface area contributed by atoms with Gasteiger partial charge in [-0.2, -0.15) is 0 Å². The third-order valence-electron chi connectivity index (χ3n) is 2.05. The molecule has 1 N–H and O–H groups in total. The Hall–Kier alpha value is -1.02. The zero-order valence-corrected chi connectivity index (χ0v) is 6.50. The number of ether oxygens (including phenoxy) is 1. The molecule has 1 heterocycles. The van der Waals surface area contributed by atoms with Gasteiger partial charge in [-0.15, -0.1) is 0 Å². The van der Waals surface area contributed by atoms with Crippen molar-refractivity contribution in [2.75, 3.05) is 13.7 Å². The zero-order chi connectivity index (χ0) is 7.68. The predicted molar refractivity (Wildman–Crippen MR) is 43.7 cm³/mol. The van der Waals surface area contributed by atoms with Crippen LogP contribution >= 0.6 is 0 Å². The van der Waals surface area contributed by atoms with Gasteiger partial charge in [-0.05, 0) is 13.1 Å². The van der Waals surface area contributed by atoms with E-state index >= 15 is 0 Å². The van der Waals surface area contributed by atoms with Crippen LogP contribution in [0, 0.1) is 0 Å². The Morgan fingerprint density at radius 3 is 3.09 bits per heavy atom. The van der Waals surface area contributed by atoms with E-state index in [2.05, 4.69) is 11.4 Å². The Morgan fingerprint density at radius 2 is 2.27 bits per heavy atom. The first kappa shape index (κ1) is 6.68. The lowest BCUT2D eigenvalue weighted by atomic mass is 10.1. The van der Waals surface area contributed by atoms with Gasteiger partial charge in [0.15, 0.2) is 0 Å². The standard InChI is InChI=1S/C9H11NO/c1-10-8-6-11-9-5-3-2-4-7(8)9/h2-5,8,10H,6H2,1H3.